The van der Waals surface area contributed by atoms with Crippen molar-refractivity contribution < 1.29 is 9.53 Å². The maximum Gasteiger partial charge on any atom is 0.355 e. The summed E-state index contributed by atoms with van der Waals surface area (Å²) in [6.07, 6.45) is 1.95. The van der Waals surface area contributed by atoms with Gasteiger partial charge in [0.05, 0.1) is 6.61 Å². The number of hydrogen-bond acceptors (Lipinski definition) is 2. The third-order valence-corrected chi connectivity index (χ3v) is 3.61. The lowest BCUT2D eigenvalue weighted by atomic mass is 10.0. The van der Waals surface area contributed by atoms with Crippen LogP contribution in [0.15, 0.2) is 30.5 Å². The van der Waals surface area contributed by atoms with Crippen molar-refractivity contribution in [2.75, 3.05) is 6.61 Å². The molecule has 0 fully saturated rings. The number of aromatic nitrogens is 1. The average Bonchev–Trinajstić information content (AvgIpc) is 2.75. The molecule has 0 aliphatic rings. The molecule has 0 amide bonds. The summed E-state index contributed by atoms with van der Waals surface area (Å²) in [5, 5.41) is 0. The standard InChI is InChI=1S/C17H21NO2/c1-5-20-17(19)16-14(4)9-10-18(16)11-15-12(2)7-6-8-13(15)3/h6-10H,5,11H2,1-4H3. The molecule has 0 aliphatic heterocycles. The Labute approximate surface area is 120 Å². The fourth-order valence-corrected chi connectivity index (χ4v) is 2.46. The topological polar surface area (TPSA) is 31.2 Å². The first-order chi connectivity index (χ1) is 9.54. The second kappa shape index (κ2) is 5.95. The zero-order chi connectivity index (χ0) is 14.7. The maximum absolute atomic E-state index is 12.1. The van der Waals surface area contributed by atoms with E-state index in [1.165, 1.54) is 16.7 Å². The summed E-state index contributed by atoms with van der Waals surface area (Å²) in [5.74, 6) is -0.249. The van der Waals surface area contributed by atoms with Crippen LogP contribution in [0.4, 0.5) is 0 Å². The van der Waals surface area contributed by atoms with Gasteiger partial charge in [-0.3, -0.25) is 0 Å². The van der Waals surface area contributed by atoms with Gasteiger partial charge in [0.1, 0.15) is 5.69 Å². The fourth-order valence-electron chi connectivity index (χ4n) is 2.46. The predicted molar refractivity (Wildman–Crippen MR) is 80.1 cm³/mol. The van der Waals surface area contributed by atoms with Gasteiger partial charge in [-0.1, -0.05) is 18.2 Å². The molecule has 106 valence electrons. The van der Waals surface area contributed by atoms with Gasteiger partial charge in [0, 0.05) is 12.7 Å². The van der Waals surface area contributed by atoms with Crippen LogP contribution in [-0.4, -0.2) is 17.1 Å². The van der Waals surface area contributed by atoms with Crippen molar-refractivity contribution in [3.63, 3.8) is 0 Å². The van der Waals surface area contributed by atoms with Gasteiger partial charge in [-0.15, -0.1) is 0 Å². The van der Waals surface area contributed by atoms with Gasteiger partial charge in [0.2, 0.25) is 0 Å². The average molecular weight is 271 g/mol. The molecule has 0 unspecified atom stereocenters. The summed E-state index contributed by atoms with van der Waals surface area (Å²) in [6, 6.07) is 8.21. The Hall–Kier alpha value is -2.03. The van der Waals surface area contributed by atoms with Crippen molar-refractivity contribution in [1.82, 2.24) is 4.57 Å². The Morgan fingerprint density at radius 1 is 1.10 bits per heavy atom. The van der Waals surface area contributed by atoms with Crippen molar-refractivity contribution in [1.29, 1.82) is 0 Å². The molecule has 2 aromatic rings. The van der Waals surface area contributed by atoms with Gasteiger partial charge in [-0.05, 0) is 56.0 Å². The van der Waals surface area contributed by atoms with Gasteiger partial charge in [-0.2, -0.15) is 0 Å². The molecule has 0 bridgehead atoms. The molecule has 0 atom stereocenters. The molecule has 1 aromatic heterocycles. The van der Waals surface area contributed by atoms with Crippen molar-refractivity contribution in [3.8, 4) is 0 Å². The first-order valence-corrected chi connectivity index (χ1v) is 6.92. The summed E-state index contributed by atoms with van der Waals surface area (Å²) in [5.41, 5.74) is 5.34. The van der Waals surface area contributed by atoms with Crippen molar-refractivity contribution in [2.24, 2.45) is 0 Å². The van der Waals surface area contributed by atoms with Crippen LogP contribution in [-0.2, 0) is 11.3 Å². The molecular weight excluding hydrogens is 250 g/mol. The molecule has 0 aliphatic carbocycles. The lowest BCUT2D eigenvalue weighted by molar-refractivity contribution is 0.0513. The summed E-state index contributed by atoms with van der Waals surface area (Å²) in [6.45, 7) is 9.05. The highest BCUT2D eigenvalue weighted by molar-refractivity contribution is 5.89. The molecule has 0 radical (unpaired) electrons. The largest absolute Gasteiger partial charge is 0.461 e. The van der Waals surface area contributed by atoms with E-state index in [1.54, 1.807) is 0 Å². The van der Waals surface area contributed by atoms with E-state index in [4.69, 9.17) is 4.74 Å². The minimum absolute atomic E-state index is 0.249. The Kier molecular flexibility index (Phi) is 4.28. The van der Waals surface area contributed by atoms with E-state index in [0.29, 0.717) is 18.8 Å². The highest BCUT2D eigenvalue weighted by Gasteiger charge is 2.16. The second-order valence-corrected chi connectivity index (χ2v) is 5.07. The van der Waals surface area contributed by atoms with Gasteiger partial charge in [0.25, 0.3) is 0 Å². The van der Waals surface area contributed by atoms with Crippen LogP contribution in [0.1, 0.15) is 39.7 Å². The fraction of sp³-hybridized carbons (Fsp3) is 0.353. The number of carbonyl (C=O) groups excluding carboxylic acids is 1. The molecule has 1 aromatic carbocycles. The van der Waals surface area contributed by atoms with Crippen LogP contribution in [0.2, 0.25) is 0 Å². The van der Waals surface area contributed by atoms with Gasteiger partial charge < -0.3 is 9.30 Å². The quantitative estimate of drug-likeness (QED) is 0.795. The predicted octanol–water partition coefficient (Wildman–Crippen LogP) is 3.64. The molecule has 0 spiro atoms. The number of aryl methyl sites for hydroxylation is 3. The zero-order valence-electron chi connectivity index (χ0n) is 12.6. The summed E-state index contributed by atoms with van der Waals surface area (Å²) < 4.78 is 7.12. The van der Waals surface area contributed by atoms with E-state index in [2.05, 4.69) is 32.0 Å². The van der Waals surface area contributed by atoms with Crippen LogP contribution < -0.4 is 0 Å². The van der Waals surface area contributed by atoms with Crippen LogP contribution in [0.3, 0.4) is 0 Å². The van der Waals surface area contributed by atoms with E-state index in [9.17, 15) is 4.79 Å². The first-order valence-electron chi connectivity index (χ1n) is 6.92. The summed E-state index contributed by atoms with van der Waals surface area (Å²) >= 11 is 0. The van der Waals surface area contributed by atoms with E-state index in [1.807, 2.05) is 30.7 Å². The second-order valence-electron chi connectivity index (χ2n) is 5.07. The zero-order valence-corrected chi connectivity index (χ0v) is 12.6. The first kappa shape index (κ1) is 14.4. The normalized spacial score (nSPS) is 10.6. The van der Waals surface area contributed by atoms with Crippen molar-refractivity contribution in [3.05, 3.63) is 58.4 Å². The van der Waals surface area contributed by atoms with Crippen LogP contribution >= 0.6 is 0 Å². The van der Waals surface area contributed by atoms with Crippen LogP contribution in [0, 0.1) is 20.8 Å². The van der Waals surface area contributed by atoms with Gasteiger partial charge in [-0.25, -0.2) is 4.79 Å². The molecule has 3 nitrogen and oxygen atoms in total. The summed E-state index contributed by atoms with van der Waals surface area (Å²) in [7, 11) is 0. The number of ether oxygens (including phenoxy) is 1. The van der Waals surface area contributed by atoms with Crippen molar-refractivity contribution >= 4 is 5.97 Å². The molecule has 0 saturated carbocycles. The number of rotatable bonds is 4. The molecule has 0 saturated heterocycles. The number of hydrogen-bond donors (Lipinski definition) is 0. The van der Waals surface area contributed by atoms with Crippen molar-refractivity contribution in [2.45, 2.75) is 34.2 Å². The molecule has 20 heavy (non-hydrogen) atoms. The highest BCUT2D eigenvalue weighted by atomic mass is 16.5. The Morgan fingerprint density at radius 2 is 1.75 bits per heavy atom. The van der Waals surface area contributed by atoms with E-state index in [0.717, 1.165) is 5.56 Å². The SMILES string of the molecule is CCOC(=O)c1c(C)ccn1Cc1c(C)cccc1C. The highest BCUT2D eigenvalue weighted by Crippen LogP contribution is 2.19. The Morgan fingerprint density at radius 3 is 2.35 bits per heavy atom. The molecule has 2 rings (SSSR count). The smallest absolute Gasteiger partial charge is 0.355 e. The van der Waals surface area contributed by atoms with Crippen LogP contribution in [0.5, 0.6) is 0 Å². The number of nitrogens with zero attached hydrogens (tertiary/aromatic N) is 1. The van der Waals surface area contributed by atoms with Gasteiger partial charge in [0.15, 0.2) is 0 Å². The molecule has 1 heterocycles. The lowest BCUT2D eigenvalue weighted by Crippen LogP contribution is -2.14. The minimum Gasteiger partial charge on any atom is -0.461 e. The minimum atomic E-state index is -0.249. The Bertz CT molecular complexity index is 606. The van der Waals surface area contributed by atoms with E-state index in [-0.39, 0.29) is 5.97 Å². The lowest BCUT2D eigenvalue weighted by Gasteiger charge is -2.13. The molecular formula is C17H21NO2. The van der Waals surface area contributed by atoms with E-state index >= 15 is 0 Å². The number of carbonyl (C=O) groups is 1. The molecule has 3 heteroatoms. The summed E-state index contributed by atoms with van der Waals surface area (Å²) in [4.78, 5) is 12.1. The van der Waals surface area contributed by atoms with Crippen LogP contribution in [0.25, 0.3) is 0 Å². The maximum atomic E-state index is 12.1. The number of esters is 1. The third-order valence-electron chi connectivity index (χ3n) is 3.61. The number of benzene rings is 1. The van der Waals surface area contributed by atoms with Gasteiger partial charge >= 0.3 is 5.97 Å². The third kappa shape index (κ3) is 2.77. The monoisotopic (exact) mass is 271 g/mol. The van der Waals surface area contributed by atoms with E-state index < -0.39 is 0 Å². The Balaban J connectivity index is 2.38. The molecule has 0 N–H and O–H groups in total.